The molecule has 9 nitrogen and oxygen atoms in total. The number of amides is 2. The van der Waals surface area contributed by atoms with Crippen molar-refractivity contribution in [2.24, 2.45) is 0 Å². The second-order valence-corrected chi connectivity index (χ2v) is 9.54. The molecular formula is C27H24F3N5O4. The average molecular weight is 540 g/mol. The van der Waals surface area contributed by atoms with Gasteiger partial charge in [-0.15, -0.1) is 13.2 Å². The van der Waals surface area contributed by atoms with Gasteiger partial charge in [0.25, 0.3) is 11.8 Å². The number of halogens is 3. The normalized spacial score (nSPS) is 20.6. The maximum absolute atomic E-state index is 13.6. The maximum atomic E-state index is 13.6. The molecule has 1 aromatic heterocycles. The van der Waals surface area contributed by atoms with Gasteiger partial charge >= 0.3 is 6.36 Å². The predicted molar refractivity (Wildman–Crippen MR) is 134 cm³/mol. The van der Waals surface area contributed by atoms with Gasteiger partial charge in [0.2, 0.25) is 0 Å². The Kier molecular flexibility index (Phi) is 6.78. The van der Waals surface area contributed by atoms with Crippen LogP contribution in [0.2, 0.25) is 0 Å². The van der Waals surface area contributed by atoms with Crippen LogP contribution in [0.1, 0.15) is 57.7 Å². The Bertz CT molecular complexity index is 1460. The van der Waals surface area contributed by atoms with E-state index in [1.165, 1.54) is 36.2 Å². The van der Waals surface area contributed by atoms with Crippen molar-refractivity contribution in [2.75, 3.05) is 17.3 Å². The fourth-order valence-electron chi connectivity index (χ4n) is 5.02. The van der Waals surface area contributed by atoms with E-state index in [4.69, 9.17) is 4.74 Å². The summed E-state index contributed by atoms with van der Waals surface area (Å²) in [5, 5.41) is 16.3. The van der Waals surface area contributed by atoms with E-state index in [1.54, 1.807) is 17.0 Å². The van der Waals surface area contributed by atoms with E-state index in [1.807, 2.05) is 25.1 Å². The highest BCUT2D eigenvalue weighted by molar-refractivity contribution is 6.13. The minimum absolute atomic E-state index is 0.0383. The Morgan fingerprint density at radius 2 is 1.90 bits per heavy atom. The number of fused-ring (bicyclic) bond motifs is 1. The van der Waals surface area contributed by atoms with Crippen molar-refractivity contribution in [3.8, 4) is 11.8 Å². The number of nitrogens with zero attached hydrogens (tertiary/aromatic N) is 4. The summed E-state index contributed by atoms with van der Waals surface area (Å²) in [6.45, 7) is 2.26. The molecule has 0 spiro atoms. The number of aromatic nitrogens is 2. The van der Waals surface area contributed by atoms with Gasteiger partial charge in [0.15, 0.2) is 0 Å². The number of alkyl halides is 3. The molecule has 2 aliphatic rings. The average Bonchev–Trinajstić information content (AvgIpc) is 3.27. The van der Waals surface area contributed by atoms with E-state index in [9.17, 15) is 28.0 Å². The van der Waals surface area contributed by atoms with Crippen LogP contribution in [0.5, 0.6) is 5.75 Å². The number of nitriles is 1. The smallest absolute Gasteiger partial charge is 0.495 e. The van der Waals surface area contributed by atoms with Gasteiger partial charge in [-0.3, -0.25) is 19.0 Å². The van der Waals surface area contributed by atoms with Crippen molar-refractivity contribution in [3.05, 3.63) is 71.0 Å². The predicted octanol–water partition coefficient (Wildman–Crippen LogP) is 4.85. The van der Waals surface area contributed by atoms with Gasteiger partial charge in [-0.05, 0) is 61.6 Å². The SMILES string of the molecule is COc1ccc(C(=O)Nc2cnn3c2C(=O)N(c2ccc(C4CC(OC(F)(F)F)C4)cc2)C(C)C3)cc1C#N. The van der Waals surface area contributed by atoms with Crippen LogP contribution in [-0.2, 0) is 11.3 Å². The highest BCUT2D eigenvalue weighted by Crippen LogP contribution is 2.42. The third-order valence-corrected chi connectivity index (χ3v) is 7.01. The van der Waals surface area contributed by atoms with Gasteiger partial charge in [-0.1, -0.05) is 12.1 Å². The lowest BCUT2D eigenvalue weighted by atomic mass is 9.77. The standard InChI is InChI=1S/C27H24F3N5O4/c1-15-14-34-24(22(13-32-34)33-25(36)17-5-8-23(38-2)19(9-17)12-31)26(37)35(15)20-6-3-16(4-7-20)18-10-21(11-18)39-27(28,29)30/h3-9,13,15,18,21H,10-11,14H2,1-2H3,(H,33,36). The van der Waals surface area contributed by atoms with Gasteiger partial charge in [-0.2, -0.15) is 10.4 Å². The maximum Gasteiger partial charge on any atom is 0.522 e. The quantitative estimate of drug-likeness (QED) is 0.480. The van der Waals surface area contributed by atoms with E-state index in [-0.39, 0.29) is 53.2 Å². The molecule has 12 heteroatoms. The Balaban J connectivity index is 1.31. The molecule has 1 unspecified atom stereocenters. The number of carbonyl (C=O) groups is 2. The summed E-state index contributed by atoms with van der Waals surface area (Å²) in [4.78, 5) is 28.1. The zero-order chi connectivity index (χ0) is 27.9. The second kappa shape index (κ2) is 10.1. The van der Waals surface area contributed by atoms with Crippen molar-refractivity contribution in [1.29, 1.82) is 5.26 Å². The summed E-state index contributed by atoms with van der Waals surface area (Å²) in [6.07, 6.45) is -3.50. The fourth-order valence-corrected chi connectivity index (χ4v) is 5.02. The van der Waals surface area contributed by atoms with E-state index >= 15 is 0 Å². The summed E-state index contributed by atoms with van der Waals surface area (Å²) in [6, 6.07) is 13.3. The molecule has 0 radical (unpaired) electrons. The Labute approximate surface area is 221 Å². The van der Waals surface area contributed by atoms with Crippen molar-refractivity contribution < 1.29 is 32.2 Å². The fraction of sp³-hybridized carbons (Fsp3) is 0.333. The summed E-state index contributed by atoms with van der Waals surface area (Å²) in [5.41, 5.74) is 2.37. The molecule has 2 amide bonds. The lowest BCUT2D eigenvalue weighted by molar-refractivity contribution is -0.351. The second-order valence-electron chi connectivity index (χ2n) is 9.54. The molecule has 0 bridgehead atoms. The van der Waals surface area contributed by atoms with Crippen molar-refractivity contribution in [3.63, 3.8) is 0 Å². The number of hydrogen-bond donors (Lipinski definition) is 1. The molecule has 39 heavy (non-hydrogen) atoms. The third kappa shape index (κ3) is 5.18. The minimum atomic E-state index is -4.64. The summed E-state index contributed by atoms with van der Waals surface area (Å²) >= 11 is 0. The number of benzene rings is 2. The molecule has 2 heterocycles. The van der Waals surface area contributed by atoms with E-state index in [0.29, 0.717) is 18.0 Å². The molecule has 2 aromatic carbocycles. The van der Waals surface area contributed by atoms with Crippen LogP contribution >= 0.6 is 0 Å². The molecule has 1 saturated carbocycles. The van der Waals surface area contributed by atoms with Crippen LogP contribution < -0.4 is 15.0 Å². The molecular weight excluding hydrogens is 515 g/mol. The first-order valence-electron chi connectivity index (χ1n) is 12.2. The first-order chi connectivity index (χ1) is 18.6. The number of ether oxygens (including phenoxy) is 2. The van der Waals surface area contributed by atoms with Crippen LogP contribution in [0.3, 0.4) is 0 Å². The molecule has 5 rings (SSSR count). The van der Waals surface area contributed by atoms with Gasteiger partial charge in [-0.25, -0.2) is 0 Å². The zero-order valence-electron chi connectivity index (χ0n) is 21.0. The highest BCUT2D eigenvalue weighted by atomic mass is 19.4. The highest BCUT2D eigenvalue weighted by Gasteiger charge is 2.41. The van der Waals surface area contributed by atoms with Crippen LogP contribution in [0.4, 0.5) is 24.5 Å². The van der Waals surface area contributed by atoms with E-state index in [2.05, 4.69) is 15.2 Å². The van der Waals surface area contributed by atoms with Crippen LogP contribution in [0.15, 0.2) is 48.7 Å². The van der Waals surface area contributed by atoms with Gasteiger partial charge in [0, 0.05) is 11.3 Å². The molecule has 3 aromatic rings. The topological polar surface area (TPSA) is 109 Å². The Hall–Kier alpha value is -4.37. The monoisotopic (exact) mass is 539 g/mol. The zero-order valence-corrected chi connectivity index (χ0v) is 21.0. The van der Waals surface area contributed by atoms with Crippen molar-refractivity contribution >= 4 is 23.2 Å². The van der Waals surface area contributed by atoms with Gasteiger partial charge in [0.05, 0.1) is 43.2 Å². The van der Waals surface area contributed by atoms with Crippen LogP contribution in [0.25, 0.3) is 0 Å². The molecule has 1 aliphatic heterocycles. The first kappa shape index (κ1) is 26.2. The van der Waals surface area contributed by atoms with E-state index < -0.39 is 18.4 Å². The number of nitrogens with one attached hydrogen (secondary N) is 1. The van der Waals surface area contributed by atoms with Gasteiger partial charge in [0.1, 0.15) is 17.5 Å². The van der Waals surface area contributed by atoms with Crippen LogP contribution in [0, 0.1) is 11.3 Å². The molecule has 1 atom stereocenters. The minimum Gasteiger partial charge on any atom is -0.495 e. The number of rotatable bonds is 6. The van der Waals surface area contributed by atoms with E-state index in [0.717, 1.165) is 5.56 Å². The molecule has 1 fully saturated rings. The molecule has 202 valence electrons. The summed E-state index contributed by atoms with van der Waals surface area (Å²) in [7, 11) is 1.43. The molecule has 1 N–H and O–H groups in total. The number of anilines is 2. The first-order valence-corrected chi connectivity index (χ1v) is 12.2. The lowest BCUT2D eigenvalue weighted by Crippen LogP contribution is -2.47. The van der Waals surface area contributed by atoms with Gasteiger partial charge < -0.3 is 15.0 Å². The third-order valence-electron chi connectivity index (χ3n) is 7.01. The Morgan fingerprint density at radius 1 is 1.18 bits per heavy atom. The molecule has 1 aliphatic carbocycles. The Morgan fingerprint density at radius 3 is 2.54 bits per heavy atom. The van der Waals surface area contributed by atoms with Crippen molar-refractivity contribution in [2.45, 2.75) is 50.7 Å². The van der Waals surface area contributed by atoms with Crippen molar-refractivity contribution in [1.82, 2.24) is 9.78 Å². The largest absolute Gasteiger partial charge is 0.522 e. The number of methoxy groups -OCH3 is 1. The van der Waals surface area contributed by atoms with Crippen LogP contribution in [-0.4, -0.2) is 47.2 Å². The lowest BCUT2D eigenvalue weighted by Gasteiger charge is -2.36. The number of hydrogen-bond acceptors (Lipinski definition) is 6. The summed E-state index contributed by atoms with van der Waals surface area (Å²) in [5.74, 6) is -0.567. The molecule has 0 saturated heterocycles. The summed E-state index contributed by atoms with van der Waals surface area (Å²) < 4.78 is 48.0. The number of carbonyl (C=O) groups excluding carboxylic acids is 2.